The Labute approximate surface area is 72.8 Å². The summed E-state index contributed by atoms with van der Waals surface area (Å²) in [6.45, 7) is 1.88. The van der Waals surface area contributed by atoms with Gasteiger partial charge in [-0.2, -0.15) is 0 Å². The number of para-hydroxylation sites is 1. The molecule has 0 unspecified atom stereocenters. The highest BCUT2D eigenvalue weighted by molar-refractivity contribution is 5.64. The van der Waals surface area contributed by atoms with Gasteiger partial charge in [-0.25, -0.2) is 0 Å². The van der Waals surface area contributed by atoms with Crippen molar-refractivity contribution in [3.63, 3.8) is 0 Å². The van der Waals surface area contributed by atoms with Crippen molar-refractivity contribution < 1.29 is 4.79 Å². The zero-order chi connectivity index (χ0) is 8.97. The Hall–Kier alpha value is -1.31. The summed E-state index contributed by atoms with van der Waals surface area (Å²) in [7, 11) is 1.91. The number of carbonyl (C=O) groups is 1. The number of nitrogens with zero attached hydrogens (tertiary/aromatic N) is 1. The highest BCUT2D eigenvalue weighted by atomic mass is 16.1. The first-order valence-corrected chi connectivity index (χ1v) is 3.99. The van der Waals surface area contributed by atoms with Crippen molar-refractivity contribution in [2.45, 2.75) is 13.0 Å². The topological polar surface area (TPSA) is 20.3 Å². The fraction of sp³-hybridized carbons (Fsp3) is 0.300. The molecule has 1 rings (SSSR count). The fourth-order valence-electron chi connectivity index (χ4n) is 0.990. The molecular weight excluding hydrogens is 150 g/mol. The Balaban J connectivity index is 2.78. The van der Waals surface area contributed by atoms with E-state index < -0.39 is 0 Å². The van der Waals surface area contributed by atoms with E-state index in [9.17, 15) is 4.79 Å². The van der Waals surface area contributed by atoms with Gasteiger partial charge in [-0.05, 0) is 19.1 Å². The summed E-state index contributed by atoms with van der Waals surface area (Å²) in [5.74, 6) is 0. The molecule has 12 heavy (non-hydrogen) atoms. The zero-order valence-corrected chi connectivity index (χ0v) is 7.40. The van der Waals surface area contributed by atoms with E-state index in [0.29, 0.717) is 0 Å². The number of hydrogen-bond acceptors (Lipinski definition) is 2. The van der Waals surface area contributed by atoms with E-state index in [1.165, 1.54) is 0 Å². The molecule has 0 heterocycles. The van der Waals surface area contributed by atoms with Crippen LogP contribution >= 0.6 is 0 Å². The molecule has 1 aromatic carbocycles. The SMILES string of the molecule is C[C@@H](C=O)N(C)c1ccccc1. The monoisotopic (exact) mass is 163 g/mol. The van der Waals surface area contributed by atoms with Gasteiger partial charge in [-0.3, -0.25) is 0 Å². The third-order valence-corrected chi connectivity index (χ3v) is 1.97. The summed E-state index contributed by atoms with van der Waals surface area (Å²) in [6.07, 6.45) is 0.938. The van der Waals surface area contributed by atoms with Crippen LogP contribution in [-0.2, 0) is 4.79 Å². The molecule has 1 atom stereocenters. The summed E-state index contributed by atoms with van der Waals surface area (Å²) in [6, 6.07) is 9.79. The Morgan fingerprint density at radius 2 is 1.92 bits per heavy atom. The maximum absolute atomic E-state index is 10.5. The minimum atomic E-state index is -0.0626. The Kier molecular flexibility index (Phi) is 2.86. The van der Waals surface area contributed by atoms with Crippen molar-refractivity contribution in [2.24, 2.45) is 0 Å². The van der Waals surface area contributed by atoms with Gasteiger partial charge in [-0.1, -0.05) is 18.2 Å². The lowest BCUT2D eigenvalue weighted by Crippen LogP contribution is -2.29. The van der Waals surface area contributed by atoms with Crippen LogP contribution in [0.2, 0.25) is 0 Å². The highest BCUT2D eigenvalue weighted by Crippen LogP contribution is 2.12. The minimum absolute atomic E-state index is 0.0626. The number of carbonyl (C=O) groups excluding carboxylic acids is 1. The maximum atomic E-state index is 10.5. The molecule has 0 aliphatic carbocycles. The molecular formula is C10H13NO. The van der Waals surface area contributed by atoms with E-state index in [0.717, 1.165) is 12.0 Å². The van der Waals surface area contributed by atoms with E-state index in [1.807, 2.05) is 49.2 Å². The highest BCUT2D eigenvalue weighted by Gasteiger charge is 2.06. The normalized spacial score (nSPS) is 12.2. The molecule has 0 aliphatic rings. The number of anilines is 1. The van der Waals surface area contributed by atoms with Crippen molar-refractivity contribution in [3.05, 3.63) is 30.3 Å². The number of rotatable bonds is 3. The van der Waals surface area contributed by atoms with Crippen molar-refractivity contribution >= 4 is 12.0 Å². The van der Waals surface area contributed by atoms with Gasteiger partial charge in [0.15, 0.2) is 0 Å². The van der Waals surface area contributed by atoms with E-state index in [2.05, 4.69) is 0 Å². The van der Waals surface area contributed by atoms with Crippen LogP contribution in [0.1, 0.15) is 6.92 Å². The third kappa shape index (κ3) is 1.84. The number of hydrogen-bond donors (Lipinski definition) is 0. The predicted molar refractivity (Wildman–Crippen MR) is 50.4 cm³/mol. The smallest absolute Gasteiger partial charge is 0.142 e. The molecule has 0 bridgehead atoms. The average Bonchev–Trinajstić information content (AvgIpc) is 2.17. The van der Waals surface area contributed by atoms with Crippen molar-refractivity contribution in [1.82, 2.24) is 0 Å². The van der Waals surface area contributed by atoms with Gasteiger partial charge in [0.05, 0.1) is 6.04 Å². The summed E-state index contributed by atoms with van der Waals surface area (Å²) in [5.41, 5.74) is 1.07. The lowest BCUT2D eigenvalue weighted by atomic mass is 10.2. The first kappa shape index (κ1) is 8.78. The van der Waals surface area contributed by atoms with Crippen LogP contribution in [0.5, 0.6) is 0 Å². The Morgan fingerprint density at radius 3 is 2.42 bits per heavy atom. The van der Waals surface area contributed by atoms with Crippen LogP contribution in [0, 0.1) is 0 Å². The summed E-state index contributed by atoms with van der Waals surface area (Å²) in [4.78, 5) is 12.4. The quantitative estimate of drug-likeness (QED) is 0.632. The molecule has 0 N–H and O–H groups in total. The second kappa shape index (κ2) is 3.90. The molecule has 0 aromatic heterocycles. The van der Waals surface area contributed by atoms with Gasteiger partial charge < -0.3 is 9.69 Å². The third-order valence-electron chi connectivity index (χ3n) is 1.97. The molecule has 0 spiro atoms. The minimum Gasteiger partial charge on any atom is -0.365 e. The van der Waals surface area contributed by atoms with E-state index in [4.69, 9.17) is 0 Å². The predicted octanol–water partition coefficient (Wildman–Crippen LogP) is 1.71. The molecule has 0 saturated heterocycles. The van der Waals surface area contributed by atoms with Gasteiger partial charge in [0.1, 0.15) is 6.29 Å². The Morgan fingerprint density at radius 1 is 1.33 bits per heavy atom. The standard InChI is InChI=1S/C10H13NO/c1-9(8-12)11(2)10-6-4-3-5-7-10/h3-9H,1-2H3/t9-/m0/s1. The van der Waals surface area contributed by atoms with Crippen LogP contribution in [0.15, 0.2) is 30.3 Å². The van der Waals surface area contributed by atoms with Crippen molar-refractivity contribution in [3.8, 4) is 0 Å². The van der Waals surface area contributed by atoms with Crippen LogP contribution < -0.4 is 4.90 Å². The van der Waals surface area contributed by atoms with E-state index in [1.54, 1.807) is 0 Å². The molecule has 0 aliphatic heterocycles. The van der Waals surface area contributed by atoms with Gasteiger partial charge >= 0.3 is 0 Å². The number of benzene rings is 1. The van der Waals surface area contributed by atoms with Gasteiger partial charge in [0.2, 0.25) is 0 Å². The number of aldehydes is 1. The molecule has 0 saturated carbocycles. The van der Waals surface area contributed by atoms with Crippen LogP contribution in [0.4, 0.5) is 5.69 Å². The van der Waals surface area contributed by atoms with Crippen LogP contribution in [0.3, 0.4) is 0 Å². The maximum Gasteiger partial charge on any atom is 0.142 e. The molecule has 2 nitrogen and oxygen atoms in total. The first-order chi connectivity index (χ1) is 5.75. The number of likely N-dealkylation sites (N-methyl/N-ethyl adjacent to an activating group) is 1. The molecule has 0 amide bonds. The average molecular weight is 163 g/mol. The molecule has 0 radical (unpaired) electrons. The molecule has 64 valence electrons. The van der Waals surface area contributed by atoms with E-state index >= 15 is 0 Å². The van der Waals surface area contributed by atoms with Gasteiger partial charge in [-0.15, -0.1) is 0 Å². The summed E-state index contributed by atoms with van der Waals surface area (Å²) >= 11 is 0. The van der Waals surface area contributed by atoms with Crippen LogP contribution in [0.25, 0.3) is 0 Å². The Bertz CT molecular complexity index is 245. The summed E-state index contributed by atoms with van der Waals surface area (Å²) < 4.78 is 0. The second-order valence-corrected chi connectivity index (χ2v) is 2.82. The second-order valence-electron chi connectivity index (χ2n) is 2.82. The summed E-state index contributed by atoms with van der Waals surface area (Å²) in [5, 5.41) is 0. The van der Waals surface area contributed by atoms with Gasteiger partial charge in [0.25, 0.3) is 0 Å². The lowest BCUT2D eigenvalue weighted by molar-refractivity contribution is -0.108. The zero-order valence-electron chi connectivity index (χ0n) is 7.40. The molecule has 2 heteroatoms. The molecule has 0 fully saturated rings. The first-order valence-electron chi connectivity index (χ1n) is 3.99. The lowest BCUT2D eigenvalue weighted by Gasteiger charge is -2.22. The van der Waals surface area contributed by atoms with Crippen LogP contribution in [-0.4, -0.2) is 19.4 Å². The fourth-order valence-corrected chi connectivity index (χ4v) is 0.990. The van der Waals surface area contributed by atoms with E-state index in [-0.39, 0.29) is 6.04 Å². The van der Waals surface area contributed by atoms with Gasteiger partial charge in [0, 0.05) is 12.7 Å². The molecule has 1 aromatic rings. The van der Waals surface area contributed by atoms with Crippen molar-refractivity contribution in [1.29, 1.82) is 0 Å². The largest absolute Gasteiger partial charge is 0.365 e. The van der Waals surface area contributed by atoms with Crippen molar-refractivity contribution in [2.75, 3.05) is 11.9 Å².